The van der Waals surface area contributed by atoms with E-state index >= 15 is 0 Å². The zero-order valence-corrected chi connectivity index (χ0v) is 10.2. The second-order valence-corrected chi connectivity index (χ2v) is 4.60. The molecule has 1 fully saturated rings. The monoisotopic (exact) mass is 234 g/mol. The van der Waals surface area contributed by atoms with E-state index in [2.05, 4.69) is 26.9 Å². The van der Waals surface area contributed by atoms with Gasteiger partial charge < -0.3 is 14.5 Å². The van der Waals surface area contributed by atoms with Gasteiger partial charge in [-0.2, -0.15) is 5.10 Å². The Kier molecular flexibility index (Phi) is 2.84. The Hall–Kier alpha value is -1.36. The Morgan fingerprint density at radius 3 is 3.24 bits per heavy atom. The fraction of sp³-hybridized carbons (Fsp3) is 0.667. The highest BCUT2D eigenvalue weighted by Crippen LogP contribution is 2.31. The van der Waals surface area contributed by atoms with Crippen molar-refractivity contribution in [2.75, 3.05) is 37.7 Å². The number of aromatic nitrogens is 2. The lowest BCUT2D eigenvalue weighted by molar-refractivity contribution is 0.292. The van der Waals surface area contributed by atoms with Gasteiger partial charge in [0.2, 0.25) is 0 Å². The number of hydrogen-bond acceptors (Lipinski definition) is 5. The summed E-state index contributed by atoms with van der Waals surface area (Å²) in [7, 11) is 0. The third kappa shape index (κ3) is 1.95. The molecule has 2 aliphatic rings. The number of anilines is 1. The molecule has 0 amide bonds. The van der Waals surface area contributed by atoms with Crippen LogP contribution in [0.3, 0.4) is 0 Å². The number of rotatable bonds is 2. The van der Waals surface area contributed by atoms with Crippen LogP contribution < -0.4 is 9.64 Å². The number of likely N-dealkylation sites (N-methyl/N-ethyl adjacent to an activating group) is 1. The highest BCUT2D eigenvalue weighted by Gasteiger charge is 2.31. The molecule has 1 saturated heterocycles. The highest BCUT2D eigenvalue weighted by molar-refractivity contribution is 5.53. The van der Waals surface area contributed by atoms with E-state index in [-0.39, 0.29) is 0 Å². The molecule has 0 aromatic carbocycles. The first-order chi connectivity index (χ1) is 8.38. The summed E-state index contributed by atoms with van der Waals surface area (Å²) in [5.41, 5.74) is 0. The van der Waals surface area contributed by atoms with Gasteiger partial charge in [-0.05, 0) is 13.0 Å². The van der Waals surface area contributed by atoms with Crippen molar-refractivity contribution in [1.82, 2.24) is 15.1 Å². The maximum Gasteiger partial charge on any atom is 0.194 e. The maximum absolute atomic E-state index is 5.61. The molecule has 0 bridgehead atoms. The van der Waals surface area contributed by atoms with Gasteiger partial charge in [0.25, 0.3) is 0 Å². The molecule has 5 nitrogen and oxygen atoms in total. The van der Waals surface area contributed by atoms with E-state index in [1.807, 2.05) is 6.07 Å². The lowest BCUT2D eigenvalue weighted by atomic mass is 10.2. The molecule has 92 valence electrons. The van der Waals surface area contributed by atoms with Crippen LogP contribution in [0.15, 0.2) is 12.3 Å². The van der Waals surface area contributed by atoms with Crippen LogP contribution in [0.5, 0.6) is 5.75 Å². The molecular formula is C12H18N4O. The summed E-state index contributed by atoms with van der Waals surface area (Å²) in [4.78, 5) is 4.84. The zero-order valence-electron chi connectivity index (χ0n) is 10.2. The van der Waals surface area contributed by atoms with Crippen molar-refractivity contribution in [2.24, 2.45) is 0 Å². The molecule has 1 aromatic rings. The molecule has 0 saturated carbocycles. The first-order valence-corrected chi connectivity index (χ1v) is 6.32. The van der Waals surface area contributed by atoms with Crippen molar-refractivity contribution < 1.29 is 4.74 Å². The second kappa shape index (κ2) is 4.49. The molecular weight excluding hydrogens is 216 g/mol. The van der Waals surface area contributed by atoms with Crippen molar-refractivity contribution in [1.29, 1.82) is 0 Å². The number of ether oxygens (including phenoxy) is 1. The largest absolute Gasteiger partial charge is 0.488 e. The minimum absolute atomic E-state index is 0.564. The van der Waals surface area contributed by atoms with E-state index in [9.17, 15) is 0 Å². The standard InChI is InChI=1S/C12H18N4O/c1-2-15-6-4-10(9-15)16-7-8-17-11-3-5-13-14-12(11)16/h3,5,10H,2,4,6-9H2,1H3/t10-/m1/s1. The predicted octanol–water partition coefficient (Wildman–Crippen LogP) is 0.770. The molecule has 3 heterocycles. The molecule has 17 heavy (non-hydrogen) atoms. The number of fused-ring (bicyclic) bond motifs is 1. The smallest absolute Gasteiger partial charge is 0.194 e. The van der Waals surface area contributed by atoms with Crippen LogP contribution in [-0.4, -0.2) is 53.9 Å². The quantitative estimate of drug-likeness (QED) is 0.756. The second-order valence-electron chi connectivity index (χ2n) is 4.60. The normalized spacial score (nSPS) is 24.5. The fourth-order valence-electron chi connectivity index (χ4n) is 2.69. The van der Waals surface area contributed by atoms with E-state index in [0.717, 1.165) is 37.8 Å². The highest BCUT2D eigenvalue weighted by atomic mass is 16.5. The molecule has 0 spiro atoms. The van der Waals surface area contributed by atoms with Crippen LogP contribution in [0.25, 0.3) is 0 Å². The molecule has 0 N–H and O–H groups in total. The molecule has 1 aromatic heterocycles. The summed E-state index contributed by atoms with van der Waals surface area (Å²) in [5.74, 6) is 1.79. The number of likely N-dealkylation sites (tertiary alicyclic amines) is 1. The van der Waals surface area contributed by atoms with Gasteiger partial charge in [0.1, 0.15) is 6.61 Å². The molecule has 3 rings (SSSR count). The van der Waals surface area contributed by atoms with Crippen LogP contribution in [-0.2, 0) is 0 Å². The van der Waals surface area contributed by atoms with Gasteiger partial charge in [-0.3, -0.25) is 0 Å². The van der Waals surface area contributed by atoms with Gasteiger partial charge in [-0.15, -0.1) is 5.10 Å². The van der Waals surface area contributed by atoms with E-state index < -0.39 is 0 Å². The van der Waals surface area contributed by atoms with Gasteiger partial charge in [0, 0.05) is 25.2 Å². The Bertz CT molecular complexity index is 398. The first kappa shape index (κ1) is 10.8. The molecule has 0 aliphatic carbocycles. The molecule has 5 heteroatoms. The third-order valence-electron chi connectivity index (χ3n) is 3.66. The van der Waals surface area contributed by atoms with Crippen LogP contribution >= 0.6 is 0 Å². The SMILES string of the molecule is CCN1CC[C@@H](N2CCOc3ccnnc32)C1. The van der Waals surface area contributed by atoms with E-state index in [4.69, 9.17) is 4.74 Å². The van der Waals surface area contributed by atoms with Crippen molar-refractivity contribution in [3.63, 3.8) is 0 Å². The van der Waals surface area contributed by atoms with Crippen molar-refractivity contribution in [3.8, 4) is 5.75 Å². The van der Waals surface area contributed by atoms with E-state index in [1.165, 1.54) is 13.0 Å². The van der Waals surface area contributed by atoms with Gasteiger partial charge >= 0.3 is 0 Å². The topological polar surface area (TPSA) is 41.5 Å². The van der Waals surface area contributed by atoms with Gasteiger partial charge in [0.15, 0.2) is 11.6 Å². The van der Waals surface area contributed by atoms with Crippen LogP contribution in [0.4, 0.5) is 5.82 Å². The average Bonchev–Trinajstić information content (AvgIpc) is 2.87. The number of nitrogens with zero attached hydrogens (tertiary/aromatic N) is 4. The first-order valence-electron chi connectivity index (χ1n) is 6.32. The molecule has 0 unspecified atom stereocenters. The van der Waals surface area contributed by atoms with E-state index in [0.29, 0.717) is 6.04 Å². The Morgan fingerprint density at radius 2 is 2.41 bits per heavy atom. The minimum atomic E-state index is 0.564. The summed E-state index contributed by atoms with van der Waals surface area (Å²) in [6, 6.07) is 2.47. The van der Waals surface area contributed by atoms with Crippen molar-refractivity contribution in [3.05, 3.63) is 12.3 Å². The zero-order chi connectivity index (χ0) is 11.7. The number of hydrogen-bond donors (Lipinski definition) is 0. The summed E-state index contributed by atoms with van der Waals surface area (Å²) in [6.07, 6.45) is 2.90. The van der Waals surface area contributed by atoms with Crippen LogP contribution in [0.1, 0.15) is 13.3 Å². The summed E-state index contributed by atoms with van der Waals surface area (Å²) < 4.78 is 5.61. The fourth-order valence-corrected chi connectivity index (χ4v) is 2.69. The molecule has 2 aliphatic heterocycles. The van der Waals surface area contributed by atoms with Gasteiger partial charge in [-0.1, -0.05) is 6.92 Å². The van der Waals surface area contributed by atoms with E-state index in [1.54, 1.807) is 6.20 Å². The Balaban J connectivity index is 1.81. The Labute approximate surface area is 101 Å². The van der Waals surface area contributed by atoms with Crippen molar-refractivity contribution >= 4 is 5.82 Å². The predicted molar refractivity (Wildman–Crippen MR) is 65.4 cm³/mol. The molecule has 1 atom stereocenters. The Morgan fingerprint density at radius 1 is 1.47 bits per heavy atom. The van der Waals surface area contributed by atoms with Crippen LogP contribution in [0, 0.1) is 0 Å². The lowest BCUT2D eigenvalue weighted by Crippen LogP contribution is -2.43. The minimum Gasteiger partial charge on any atom is -0.488 e. The lowest BCUT2D eigenvalue weighted by Gasteiger charge is -2.34. The van der Waals surface area contributed by atoms with Gasteiger partial charge in [0.05, 0.1) is 12.7 Å². The third-order valence-corrected chi connectivity index (χ3v) is 3.66. The summed E-state index contributed by atoms with van der Waals surface area (Å²) in [6.45, 7) is 7.35. The summed E-state index contributed by atoms with van der Waals surface area (Å²) >= 11 is 0. The van der Waals surface area contributed by atoms with Crippen LogP contribution in [0.2, 0.25) is 0 Å². The summed E-state index contributed by atoms with van der Waals surface area (Å²) in [5, 5.41) is 8.20. The molecule has 0 radical (unpaired) electrons. The maximum atomic E-state index is 5.61. The van der Waals surface area contributed by atoms with Gasteiger partial charge in [-0.25, -0.2) is 0 Å². The average molecular weight is 234 g/mol. The van der Waals surface area contributed by atoms with Crippen molar-refractivity contribution in [2.45, 2.75) is 19.4 Å².